The van der Waals surface area contributed by atoms with E-state index in [2.05, 4.69) is 15.5 Å². The molecule has 0 spiro atoms. The van der Waals surface area contributed by atoms with E-state index >= 15 is 0 Å². The van der Waals surface area contributed by atoms with Crippen molar-refractivity contribution in [3.8, 4) is 11.5 Å². The summed E-state index contributed by atoms with van der Waals surface area (Å²) in [7, 11) is 0. The van der Waals surface area contributed by atoms with Crippen molar-refractivity contribution in [3.63, 3.8) is 0 Å². The van der Waals surface area contributed by atoms with Crippen molar-refractivity contribution in [2.45, 2.75) is 0 Å². The molecule has 1 saturated heterocycles. The van der Waals surface area contributed by atoms with E-state index in [0.29, 0.717) is 23.6 Å². The van der Waals surface area contributed by atoms with Crippen molar-refractivity contribution in [1.29, 1.82) is 0 Å². The highest BCUT2D eigenvalue weighted by Crippen LogP contribution is 2.32. The van der Waals surface area contributed by atoms with Crippen LogP contribution in [0.4, 0.5) is 0 Å². The third kappa shape index (κ3) is 3.02. The zero-order chi connectivity index (χ0) is 13.8. The van der Waals surface area contributed by atoms with Gasteiger partial charge in [0, 0.05) is 44.8 Å². The predicted octanol–water partition coefficient (Wildman–Crippen LogP) is 0.0503. The number of ether oxygens (including phenoxy) is 2. The van der Waals surface area contributed by atoms with E-state index in [1.807, 2.05) is 0 Å². The number of carbonyl (C=O) groups is 1. The van der Waals surface area contributed by atoms with Crippen LogP contribution in [0.25, 0.3) is 0 Å². The minimum Gasteiger partial charge on any atom is -0.454 e. The molecule has 0 aliphatic carbocycles. The third-order valence-electron chi connectivity index (χ3n) is 3.56. The van der Waals surface area contributed by atoms with Crippen molar-refractivity contribution in [3.05, 3.63) is 23.8 Å². The average Bonchev–Trinajstić information content (AvgIpc) is 2.95. The second-order valence-electron chi connectivity index (χ2n) is 4.92. The molecular formula is C14H19N3O3. The molecule has 108 valence electrons. The molecule has 3 rings (SSSR count). The molecule has 2 N–H and O–H groups in total. The van der Waals surface area contributed by atoms with Crippen LogP contribution in [0.15, 0.2) is 18.2 Å². The van der Waals surface area contributed by atoms with Crippen LogP contribution in [0.3, 0.4) is 0 Å². The lowest BCUT2D eigenvalue weighted by Crippen LogP contribution is -2.46. The van der Waals surface area contributed by atoms with Gasteiger partial charge in [-0.25, -0.2) is 0 Å². The molecule has 1 amide bonds. The molecule has 0 atom stereocenters. The predicted molar refractivity (Wildman–Crippen MR) is 74.2 cm³/mol. The Hall–Kier alpha value is -1.79. The van der Waals surface area contributed by atoms with E-state index in [0.717, 1.165) is 32.7 Å². The first-order chi connectivity index (χ1) is 9.83. The molecule has 0 aromatic heterocycles. The number of benzene rings is 1. The molecule has 6 heteroatoms. The molecule has 1 aromatic carbocycles. The second-order valence-corrected chi connectivity index (χ2v) is 4.92. The first-order valence-corrected chi connectivity index (χ1v) is 6.94. The van der Waals surface area contributed by atoms with Crippen LogP contribution >= 0.6 is 0 Å². The molecule has 20 heavy (non-hydrogen) atoms. The SMILES string of the molecule is O=C(NCCN1CCNCC1)c1ccc2c(c1)OCO2. The Morgan fingerprint density at radius 2 is 2.05 bits per heavy atom. The number of nitrogens with one attached hydrogen (secondary N) is 2. The van der Waals surface area contributed by atoms with Crippen molar-refractivity contribution in [2.75, 3.05) is 46.1 Å². The van der Waals surface area contributed by atoms with E-state index in [9.17, 15) is 4.79 Å². The van der Waals surface area contributed by atoms with E-state index in [4.69, 9.17) is 9.47 Å². The highest BCUT2D eigenvalue weighted by Gasteiger charge is 2.16. The molecule has 2 heterocycles. The molecule has 2 aliphatic heterocycles. The van der Waals surface area contributed by atoms with Crippen LogP contribution in [-0.4, -0.2) is 56.9 Å². The van der Waals surface area contributed by atoms with Gasteiger partial charge in [-0.1, -0.05) is 0 Å². The van der Waals surface area contributed by atoms with E-state index < -0.39 is 0 Å². The van der Waals surface area contributed by atoms with Gasteiger partial charge in [0.05, 0.1) is 0 Å². The van der Waals surface area contributed by atoms with Gasteiger partial charge in [0.15, 0.2) is 11.5 Å². The first kappa shape index (κ1) is 13.2. The van der Waals surface area contributed by atoms with Gasteiger partial charge in [0.2, 0.25) is 6.79 Å². The molecule has 6 nitrogen and oxygen atoms in total. The van der Waals surface area contributed by atoms with Gasteiger partial charge in [-0.15, -0.1) is 0 Å². The van der Waals surface area contributed by atoms with Crippen molar-refractivity contribution in [2.24, 2.45) is 0 Å². The van der Waals surface area contributed by atoms with Crippen molar-refractivity contribution >= 4 is 5.91 Å². The molecule has 1 aromatic rings. The number of carbonyl (C=O) groups excluding carboxylic acids is 1. The number of piperazine rings is 1. The fraction of sp³-hybridized carbons (Fsp3) is 0.500. The zero-order valence-corrected chi connectivity index (χ0v) is 11.4. The second kappa shape index (κ2) is 6.11. The Balaban J connectivity index is 1.49. The Morgan fingerprint density at radius 1 is 1.25 bits per heavy atom. The highest BCUT2D eigenvalue weighted by atomic mass is 16.7. The van der Waals surface area contributed by atoms with Crippen LogP contribution in [0.1, 0.15) is 10.4 Å². The number of hydrogen-bond donors (Lipinski definition) is 2. The van der Waals surface area contributed by atoms with Gasteiger partial charge >= 0.3 is 0 Å². The summed E-state index contributed by atoms with van der Waals surface area (Å²) in [5.74, 6) is 1.26. The maximum Gasteiger partial charge on any atom is 0.251 e. The summed E-state index contributed by atoms with van der Waals surface area (Å²) in [6.45, 7) is 5.90. The normalized spacial score (nSPS) is 18.0. The number of fused-ring (bicyclic) bond motifs is 1. The Labute approximate surface area is 118 Å². The minimum absolute atomic E-state index is 0.0709. The van der Waals surface area contributed by atoms with E-state index in [-0.39, 0.29) is 12.7 Å². The van der Waals surface area contributed by atoms with Gasteiger partial charge in [0.25, 0.3) is 5.91 Å². The molecule has 0 saturated carbocycles. The minimum atomic E-state index is -0.0709. The topological polar surface area (TPSA) is 62.8 Å². The lowest BCUT2D eigenvalue weighted by molar-refractivity contribution is 0.0947. The standard InChI is InChI=1S/C14H19N3O3/c18-14(16-5-8-17-6-3-15-4-7-17)11-1-2-12-13(9-11)20-10-19-12/h1-2,9,15H,3-8,10H2,(H,16,18). The van der Waals surface area contributed by atoms with Gasteiger partial charge in [-0.2, -0.15) is 0 Å². The van der Waals surface area contributed by atoms with Gasteiger partial charge < -0.3 is 20.1 Å². The smallest absolute Gasteiger partial charge is 0.251 e. The van der Waals surface area contributed by atoms with Gasteiger partial charge in [0.1, 0.15) is 0 Å². The fourth-order valence-corrected chi connectivity index (χ4v) is 2.40. The van der Waals surface area contributed by atoms with Crippen LogP contribution in [0, 0.1) is 0 Å². The fourth-order valence-electron chi connectivity index (χ4n) is 2.40. The summed E-state index contributed by atoms with van der Waals surface area (Å²) in [6.07, 6.45) is 0. The lowest BCUT2D eigenvalue weighted by atomic mass is 10.2. The Bertz CT molecular complexity index is 487. The molecule has 2 aliphatic rings. The summed E-state index contributed by atoms with van der Waals surface area (Å²) in [5.41, 5.74) is 0.606. The largest absolute Gasteiger partial charge is 0.454 e. The maximum atomic E-state index is 12.0. The van der Waals surface area contributed by atoms with Crippen LogP contribution < -0.4 is 20.1 Å². The Kier molecular flexibility index (Phi) is 4.03. The van der Waals surface area contributed by atoms with E-state index in [1.54, 1.807) is 18.2 Å². The summed E-state index contributed by atoms with van der Waals surface area (Å²) < 4.78 is 10.5. The number of amides is 1. The van der Waals surface area contributed by atoms with Gasteiger partial charge in [-0.05, 0) is 18.2 Å². The summed E-state index contributed by atoms with van der Waals surface area (Å²) >= 11 is 0. The first-order valence-electron chi connectivity index (χ1n) is 6.94. The third-order valence-corrected chi connectivity index (χ3v) is 3.56. The van der Waals surface area contributed by atoms with Crippen molar-refractivity contribution < 1.29 is 14.3 Å². The van der Waals surface area contributed by atoms with E-state index in [1.165, 1.54) is 0 Å². The molecule has 0 bridgehead atoms. The van der Waals surface area contributed by atoms with Crippen LogP contribution in [0.5, 0.6) is 11.5 Å². The zero-order valence-electron chi connectivity index (χ0n) is 11.4. The monoisotopic (exact) mass is 277 g/mol. The average molecular weight is 277 g/mol. The number of hydrogen-bond acceptors (Lipinski definition) is 5. The van der Waals surface area contributed by atoms with Gasteiger partial charge in [-0.3, -0.25) is 9.69 Å². The number of rotatable bonds is 4. The summed E-state index contributed by atoms with van der Waals surface area (Å²) in [5, 5.41) is 6.25. The number of nitrogens with zero attached hydrogens (tertiary/aromatic N) is 1. The maximum absolute atomic E-state index is 12.0. The van der Waals surface area contributed by atoms with Crippen LogP contribution in [-0.2, 0) is 0 Å². The summed E-state index contributed by atoms with van der Waals surface area (Å²) in [6, 6.07) is 5.25. The molecule has 1 fully saturated rings. The Morgan fingerprint density at radius 3 is 2.90 bits per heavy atom. The quantitative estimate of drug-likeness (QED) is 0.814. The molecular weight excluding hydrogens is 258 g/mol. The highest BCUT2D eigenvalue weighted by molar-refractivity contribution is 5.94. The summed E-state index contributed by atoms with van der Waals surface area (Å²) in [4.78, 5) is 14.4. The van der Waals surface area contributed by atoms with Crippen LogP contribution in [0.2, 0.25) is 0 Å². The van der Waals surface area contributed by atoms with Crippen molar-refractivity contribution in [1.82, 2.24) is 15.5 Å². The molecule has 0 unspecified atom stereocenters. The lowest BCUT2D eigenvalue weighted by Gasteiger charge is -2.27. The molecule has 0 radical (unpaired) electrons.